The molecule has 1 heterocycles. The maximum Gasteiger partial charge on any atom is 0.125 e. The molecule has 0 aliphatic heterocycles. The molecule has 1 aromatic heterocycles. The molecule has 0 spiro atoms. The quantitative estimate of drug-likeness (QED) is 0.811. The Morgan fingerprint density at radius 1 is 1.38 bits per heavy atom. The second-order valence-corrected chi connectivity index (χ2v) is 4.48. The van der Waals surface area contributed by atoms with E-state index in [-0.39, 0.29) is 5.82 Å². The van der Waals surface area contributed by atoms with Crippen molar-refractivity contribution in [1.29, 1.82) is 0 Å². The monoisotopic (exact) mass is 218 g/mol. The van der Waals surface area contributed by atoms with E-state index in [0.717, 1.165) is 29.9 Å². The van der Waals surface area contributed by atoms with Crippen molar-refractivity contribution in [3.8, 4) is 0 Å². The van der Waals surface area contributed by atoms with Gasteiger partial charge in [-0.1, -0.05) is 0 Å². The molecule has 1 saturated carbocycles. The van der Waals surface area contributed by atoms with Crippen molar-refractivity contribution in [3.05, 3.63) is 35.8 Å². The number of halogens is 1. The molecule has 1 aliphatic carbocycles. The first-order valence-electron chi connectivity index (χ1n) is 5.82. The highest BCUT2D eigenvalue weighted by Gasteiger charge is 2.19. The van der Waals surface area contributed by atoms with Gasteiger partial charge in [0.05, 0.1) is 0 Å². The summed E-state index contributed by atoms with van der Waals surface area (Å²) in [6.07, 6.45) is 5.62. The largest absolute Gasteiger partial charge is 0.361 e. The molecule has 0 atom stereocenters. The molecule has 3 rings (SSSR count). The molecular formula is C13H15FN2. The Hall–Kier alpha value is -1.35. The van der Waals surface area contributed by atoms with Crippen molar-refractivity contribution in [2.75, 3.05) is 6.54 Å². The summed E-state index contributed by atoms with van der Waals surface area (Å²) in [6, 6.07) is 5.68. The van der Waals surface area contributed by atoms with Gasteiger partial charge in [-0.2, -0.15) is 0 Å². The Balaban J connectivity index is 1.75. The van der Waals surface area contributed by atoms with Crippen molar-refractivity contribution in [2.24, 2.45) is 0 Å². The van der Waals surface area contributed by atoms with Gasteiger partial charge in [0.1, 0.15) is 5.82 Å². The molecule has 0 bridgehead atoms. The van der Waals surface area contributed by atoms with Crippen molar-refractivity contribution in [2.45, 2.75) is 25.3 Å². The third-order valence-electron chi connectivity index (χ3n) is 3.13. The lowest BCUT2D eigenvalue weighted by molar-refractivity contribution is 0.629. The average Bonchev–Trinajstić information content (AvgIpc) is 3.00. The lowest BCUT2D eigenvalue weighted by atomic mass is 10.1. The second-order valence-electron chi connectivity index (χ2n) is 4.48. The van der Waals surface area contributed by atoms with Crippen LogP contribution in [0.5, 0.6) is 0 Å². The minimum Gasteiger partial charge on any atom is -0.361 e. The number of nitrogens with one attached hydrogen (secondary N) is 2. The van der Waals surface area contributed by atoms with E-state index in [4.69, 9.17) is 0 Å². The Morgan fingerprint density at radius 2 is 2.25 bits per heavy atom. The van der Waals surface area contributed by atoms with Gasteiger partial charge in [-0.3, -0.25) is 0 Å². The van der Waals surface area contributed by atoms with Crippen LogP contribution in [0, 0.1) is 5.82 Å². The summed E-state index contributed by atoms with van der Waals surface area (Å²) in [5.74, 6) is -0.183. The zero-order valence-electron chi connectivity index (χ0n) is 9.09. The fraction of sp³-hybridized carbons (Fsp3) is 0.385. The van der Waals surface area contributed by atoms with Crippen molar-refractivity contribution in [1.82, 2.24) is 10.3 Å². The first kappa shape index (κ1) is 9.85. The van der Waals surface area contributed by atoms with E-state index >= 15 is 0 Å². The molecule has 2 N–H and O–H groups in total. The standard InChI is InChI=1S/C13H15FN2/c14-10-1-4-12-9(8-16-13(12)7-10)5-6-15-11-2-3-11/h1,4,7-8,11,15-16H,2-3,5-6H2. The molecule has 3 heteroatoms. The Bertz CT molecular complexity index is 500. The van der Waals surface area contributed by atoms with E-state index < -0.39 is 0 Å². The van der Waals surface area contributed by atoms with Crippen molar-refractivity contribution >= 4 is 10.9 Å². The molecule has 84 valence electrons. The van der Waals surface area contributed by atoms with Crippen LogP contribution in [0.4, 0.5) is 4.39 Å². The maximum atomic E-state index is 13.0. The third-order valence-corrected chi connectivity index (χ3v) is 3.13. The summed E-state index contributed by atoms with van der Waals surface area (Å²) in [6.45, 7) is 1.01. The molecule has 1 fully saturated rings. The van der Waals surface area contributed by atoms with Gasteiger partial charge >= 0.3 is 0 Å². The predicted molar refractivity (Wildman–Crippen MR) is 63.0 cm³/mol. The van der Waals surface area contributed by atoms with Crippen LogP contribution in [0.15, 0.2) is 24.4 Å². The van der Waals surface area contributed by atoms with Gasteiger partial charge in [0, 0.05) is 23.1 Å². The van der Waals surface area contributed by atoms with Gasteiger partial charge in [0.2, 0.25) is 0 Å². The van der Waals surface area contributed by atoms with Gasteiger partial charge in [0.25, 0.3) is 0 Å². The second kappa shape index (κ2) is 3.91. The van der Waals surface area contributed by atoms with Gasteiger partial charge in [0.15, 0.2) is 0 Å². The molecule has 0 radical (unpaired) electrons. The molecular weight excluding hydrogens is 203 g/mol. The summed E-state index contributed by atoms with van der Waals surface area (Å²) in [4.78, 5) is 3.11. The van der Waals surface area contributed by atoms with Crippen LogP contribution in [-0.2, 0) is 6.42 Å². The predicted octanol–water partition coefficient (Wildman–Crippen LogP) is 2.60. The van der Waals surface area contributed by atoms with Crippen molar-refractivity contribution in [3.63, 3.8) is 0 Å². The highest BCUT2D eigenvalue weighted by atomic mass is 19.1. The fourth-order valence-electron chi connectivity index (χ4n) is 2.06. The lowest BCUT2D eigenvalue weighted by Gasteiger charge is -2.01. The minimum absolute atomic E-state index is 0.183. The molecule has 0 amide bonds. The number of H-pyrrole nitrogens is 1. The van der Waals surface area contributed by atoms with E-state index in [2.05, 4.69) is 10.3 Å². The number of aromatic nitrogens is 1. The number of hydrogen-bond donors (Lipinski definition) is 2. The van der Waals surface area contributed by atoms with Crippen LogP contribution < -0.4 is 5.32 Å². The number of rotatable bonds is 4. The third kappa shape index (κ3) is 1.95. The van der Waals surface area contributed by atoms with Crippen LogP contribution >= 0.6 is 0 Å². The van der Waals surface area contributed by atoms with E-state index in [1.54, 1.807) is 6.07 Å². The molecule has 2 aromatic rings. The highest BCUT2D eigenvalue weighted by Crippen LogP contribution is 2.21. The van der Waals surface area contributed by atoms with Crippen LogP contribution in [0.3, 0.4) is 0 Å². The summed E-state index contributed by atoms with van der Waals surface area (Å²) in [5, 5.41) is 4.62. The number of aromatic amines is 1. The first-order valence-corrected chi connectivity index (χ1v) is 5.82. The SMILES string of the molecule is Fc1ccc2c(CCNC3CC3)c[nH]c2c1. The number of hydrogen-bond acceptors (Lipinski definition) is 1. The van der Waals surface area contributed by atoms with Crippen LogP contribution in [0.1, 0.15) is 18.4 Å². The molecule has 0 saturated heterocycles. The van der Waals surface area contributed by atoms with Crippen LogP contribution in [0.25, 0.3) is 10.9 Å². The normalized spacial score (nSPS) is 15.8. The smallest absolute Gasteiger partial charge is 0.125 e. The van der Waals surface area contributed by atoms with E-state index in [9.17, 15) is 4.39 Å². The van der Waals surface area contributed by atoms with E-state index in [0.29, 0.717) is 0 Å². The van der Waals surface area contributed by atoms with E-state index in [1.165, 1.54) is 24.5 Å². The summed E-state index contributed by atoms with van der Waals surface area (Å²) < 4.78 is 13.0. The zero-order chi connectivity index (χ0) is 11.0. The Kier molecular flexibility index (Phi) is 2.40. The average molecular weight is 218 g/mol. The maximum absolute atomic E-state index is 13.0. The van der Waals surface area contributed by atoms with E-state index in [1.807, 2.05) is 12.3 Å². The van der Waals surface area contributed by atoms with Gasteiger partial charge in [-0.05, 0) is 49.6 Å². The molecule has 16 heavy (non-hydrogen) atoms. The first-order chi connectivity index (χ1) is 7.83. The molecule has 1 aromatic carbocycles. The van der Waals surface area contributed by atoms with Gasteiger partial charge in [-0.15, -0.1) is 0 Å². The van der Waals surface area contributed by atoms with Gasteiger partial charge < -0.3 is 10.3 Å². The topological polar surface area (TPSA) is 27.8 Å². The van der Waals surface area contributed by atoms with Gasteiger partial charge in [-0.25, -0.2) is 4.39 Å². The number of benzene rings is 1. The molecule has 2 nitrogen and oxygen atoms in total. The summed E-state index contributed by atoms with van der Waals surface area (Å²) >= 11 is 0. The van der Waals surface area contributed by atoms with Crippen LogP contribution in [0.2, 0.25) is 0 Å². The van der Waals surface area contributed by atoms with Crippen LogP contribution in [-0.4, -0.2) is 17.6 Å². The minimum atomic E-state index is -0.183. The Morgan fingerprint density at radius 3 is 3.06 bits per heavy atom. The summed E-state index contributed by atoms with van der Waals surface area (Å²) in [7, 11) is 0. The lowest BCUT2D eigenvalue weighted by Crippen LogP contribution is -2.19. The summed E-state index contributed by atoms with van der Waals surface area (Å²) in [5.41, 5.74) is 2.16. The molecule has 1 aliphatic rings. The highest BCUT2D eigenvalue weighted by molar-refractivity contribution is 5.83. The number of fused-ring (bicyclic) bond motifs is 1. The zero-order valence-corrected chi connectivity index (χ0v) is 9.09. The Labute approximate surface area is 93.9 Å². The molecule has 0 unspecified atom stereocenters. The fourth-order valence-corrected chi connectivity index (χ4v) is 2.06. The van der Waals surface area contributed by atoms with Crippen molar-refractivity contribution < 1.29 is 4.39 Å².